The average Bonchev–Trinajstić information content (AvgIpc) is 3.57. The summed E-state index contributed by atoms with van der Waals surface area (Å²) in [5.41, 5.74) is 4.65. The first-order valence-electron chi connectivity index (χ1n) is 11.7. The smallest absolute Gasteiger partial charge is 0.218 e. The van der Waals surface area contributed by atoms with E-state index in [1.54, 1.807) is 30.6 Å². The molecule has 0 radical (unpaired) electrons. The highest BCUT2D eigenvalue weighted by Crippen LogP contribution is 2.28. The van der Waals surface area contributed by atoms with Gasteiger partial charge in [-0.15, -0.1) is 5.10 Å². The third-order valence-electron chi connectivity index (χ3n) is 6.49. The van der Waals surface area contributed by atoms with Gasteiger partial charge in [-0.3, -0.25) is 10.00 Å². The highest BCUT2D eigenvalue weighted by molar-refractivity contribution is 5.63. The van der Waals surface area contributed by atoms with Gasteiger partial charge in [0.05, 0.1) is 17.3 Å². The van der Waals surface area contributed by atoms with Gasteiger partial charge in [-0.05, 0) is 49.7 Å². The van der Waals surface area contributed by atoms with Gasteiger partial charge in [-0.25, -0.2) is 19.9 Å². The molecule has 1 N–H and O–H groups in total. The Balaban J connectivity index is 1.07. The number of hydrogen-bond acceptors (Lipinski definition) is 7. The summed E-state index contributed by atoms with van der Waals surface area (Å²) in [6.45, 7) is 2.94. The number of H-pyrrole nitrogens is 1. The number of aromatic nitrogens is 7. The Kier molecular flexibility index (Phi) is 5.48. The predicted octanol–water partition coefficient (Wildman–Crippen LogP) is 3.83. The van der Waals surface area contributed by atoms with Gasteiger partial charge in [0.1, 0.15) is 11.5 Å². The molecule has 6 rings (SSSR count). The van der Waals surface area contributed by atoms with Crippen LogP contribution >= 0.6 is 0 Å². The van der Waals surface area contributed by atoms with Gasteiger partial charge in [0.25, 0.3) is 0 Å². The topological polar surface area (TPSA) is 112 Å². The molecule has 172 valence electrons. The first-order valence-corrected chi connectivity index (χ1v) is 11.7. The van der Waals surface area contributed by atoms with Gasteiger partial charge >= 0.3 is 0 Å². The van der Waals surface area contributed by atoms with Crippen LogP contribution in [-0.2, 0) is 6.54 Å². The lowest BCUT2D eigenvalue weighted by Crippen LogP contribution is -2.32. The third kappa shape index (κ3) is 4.39. The fourth-order valence-electron chi connectivity index (χ4n) is 4.57. The number of benzene rings is 1. The van der Waals surface area contributed by atoms with Crippen molar-refractivity contribution in [1.29, 1.82) is 5.26 Å². The minimum atomic E-state index is 0.371. The first-order chi connectivity index (χ1) is 17.2. The van der Waals surface area contributed by atoms with E-state index in [2.05, 4.69) is 65.4 Å². The van der Waals surface area contributed by atoms with Crippen molar-refractivity contribution >= 4 is 5.65 Å². The van der Waals surface area contributed by atoms with E-state index in [0.29, 0.717) is 23.1 Å². The standard InChI is InChI=1S/C26H23N9/c27-15-19-6-13-35-17-22(30-23(35)14-19)20-4-2-18(3-5-20)16-34-11-7-21(8-12-34)24-31-26(33-32-24)25-28-9-1-10-29-25/h1-6,9-10,13-14,17,21H,7-8,11-12,16H2,(H,31,32,33). The number of aromatic amines is 1. The van der Waals surface area contributed by atoms with E-state index in [4.69, 9.17) is 5.26 Å². The van der Waals surface area contributed by atoms with Gasteiger partial charge < -0.3 is 4.40 Å². The molecule has 0 aliphatic carbocycles. The molecule has 4 aromatic heterocycles. The van der Waals surface area contributed by atoms with Crippen molar-refractivity contribution in [3.05, 3.63) is 84.2 Å². The molecule has 9 nitrogen and oxygen atoms in total. The average molecular weight is 462 g/mol. The van der Waals surface area contributed by atoms with E-state index < -0.39 is 0 Å². The lowest BCUT2D eigenvalue weighted by molar-refractivity contribution is 0.202. The number of pyridine rings is 1. The number of hydrogen-bond donors (Lipinski definition) is 1. The molecule has 0 atom stereocenters. The number of nitrogens with one attached hydrogen (secondary N) is 1. The zero-order valence-electron chi connectivity index (χ0n) is 19.0. The molecule has 1 fully saturated rings. The molecule has 5 aromatic rings. The van der Waals surface area contributed by atoms with Crippen LogP contribution in [0.5, 0.6) is 0 Å². The quantitative estimate of drug-likeness (QED) is 0.423. The maximum Gasteiger partial charge on any atom is 0.218 e. The van der Waals surface area contributed by atoms with Crippen LogP contribution in [0.25, 0.3) is 28.6 Å². The van der Waals surface area contributed by atoms with E-state index in [1.807, 2.05) is 16.8 Å². The van der Waals surface area contributed by atoms with Gasteiger partial charge in [0.15, 0.2) is 5.82 Å². The van der Waals surface area contributed by atoms with Crippen LogP contribution in [0.3, 0.4) is 0 Å². The van der Waals surface area contributed by atoms with E-state index in [1.165, 1.54) is 5.56 Å². The zero-order valence-corrected chi connectivity index (χ0v) is 19.0. The number of piperidine rings is 1. The Morgan fingerprint density at radius 2 is 1.80 bits per heavy atom. The molecule has 5 heterocycles. The van der Waals surface area contributed by atoms with Gasteiger partial charge in [-0.1, -0.05) is 24.3 Å². The van der Waals surface area contributed by atoms with Crippen LogP contribution in [0.2, 0.25) is 0 Å². The first kappa shape index (κ1) is 21.1. The Morgan fingerprint density at radius 3 is 2.57 bits per heavy atom. The third-order valence-corrected chi connectivity index (χ3v) is 6.49. The molecule has 1 aliphatic rings. The molecule has 0 spiro atoms. The van der Waals surface area contributed by atoms with Crippen LogP contribution < -0.4 is 0 Å². The molecule has 0 amide bonds. The summed E-state index contributed by atoms with van der Waals surface area (Å²) in [7, 11) is 0. The van der Waals surface area contributed by atoms with Crippen molar-refractivity contribution in [3.8, 4) is 29.0 Å². The van der Waals surface area contributed by atoms with Crippen molar-refractivity contribution in [2.75, 3.05) is 13.1 Å². The number of imidazole rings is 1. The predicted molar refractivity (Wildman–Crippen MR) is 130 cm³/mol. The van der Waals surface area contributed by atoms with E-state index in [9.17, 15) is 0 Å². The second-order valence-corrected chi connectivity index (χ2v) is 8.78. The molecule has 35 heavy (non-hydrogen) atoms. The molecular weight excluding hydrogens is 438 g/mol. The Hall–Kier alpha value is -4.42. The summed E-state index contributed by atoms with van der Waals surface area (Å²) in [6, 6.07) is 16.1. The van der Waals surface area contributed by atoms with Crippen LogP contribution in [0.1, 0.15) is 35.7 Å². The minimum absolute atomic E-state index is 0.371. The number of rotatable bonds is 5. The lowest BCUT2D eigenvalue weighted by Gasteiger charge is -2.30. The highest BCUT2D eigenvalue weighted by atomic mass is 15.2. The highest BCUT2D eigenvalue weighted by Gasteiger charge is 2.24. The van der Waals surface area contributed by atoms with Crippen molar-refractivity contribution < 1.29 is 0 Å². The van der Waals surface area contributed by atoms with Gasteiger partial charge in [0, 0.05) is 42.8 Å². The number of nitrogens with zero attached hydrogens (tertiary/aromatic N) is 8. The molecule has 0 saturated carbocycles. The largest absolute Gasteiger partial charge is 0.306 e. The molecule has 1 saturated heterocycles. The molecule has 1 aromatic carbocycles. The number of likely N-dealkylation sites (tertiary alicyclic amines) is 1. The fraction of sp³-hybridized carbons (Fsp3) is 0.231. The lowest BCUT2D eigenvalue weighted by atomic mass is 9.95. The summed E-state index contributed by atoms with van der Waals surface area (Å²) in [6.07, 6.45) is 9.34. The van der Waals surface area contributed by atoms with Crippen LogP contribution in [0.4, 0.5) is 0 Å². The maximum absolute atomic E-state index is 9.10. The van der Waals surface area contributed by atoms with Crippen molar-refractivity contribution in [1.82, 2.24) is 39.4 Å². The van der Waals surface area contributed by atoms with E-state index in [0.717, 1.165) is 55.2 Å². The normalized spacial score (nSPS) is 14.8. The van der Waals surface area contributed by atoms with E-state index in [-0.39, 0.29) is 0 Å². The molecular formula is C26H23N9. The monoisotopic (exact) mass is 461 g/mol. The molecule has 0 bridgehead atoms. The minimum Gasteiger partial charge on any atom is -0.306 e. The summed E-state index contributed by atoms with van der Waals surface area (Å²) in [5.74, 6) is 2.40. The van der Waals surface area contributed by atoms with Gasteiger partial charge in [0.2, 0.25) is 5.82 Å². The Labute approximate surface area is 202 Å². The van der Waals surface area contributed by atoms with Crippen LogP contribution in [0, 0.1) is 11.3 Å². The molecule has 9 heteroatoms. The Bertz CT molecular complexity index is 1490. The molecule has 1 aliphatic heterocycles. The van der Waals surface area contributed by atoms with Crippen molar-refractivity contribution in [2.45, 2.75) is 25.3 Å². The summed E-state index contributed by atoms with van der Waals surface area (Å²) >= 11 is 0. The summed E-state index contributed by atoms with van der Waals surface area (Å²) in [4.78, 5) is 20.3. The fourth-order valence-corrected chi connectivity index (χ4v) is 4.57. The van der Waals surface area contributed by atoms with E-state index >= 15 is 0 Å². The summed E-state index contributed by atoms with van der Waals surface area (Å²) in [5, 5.41) is 16.5. The SMILES string of the molecule is N#Cc1ccn2cc(-c3ccc(CN4CCC(c5nc(-c6ncccn6)n[nH]5)CC4)cc3)nc2c1. The van der Waals surface area contributed by atoms with Crippen LogP contribution in [-0.4, -0.2) is 52.5 Å². The van der Waals surface area contributed by atoms with Gasteiger partial charge in [-0.2, -0.15) is 5.26 Å². The Morgan fingerprint density at radius 1 is 1.00 bits per heavy atom. The zero-order chi connectivity index (χ0) is 23.6. The second kappa shape index (κ2) is 9.08. The number of fused-ring (bicyclic) bond motifs is 1. The number of nitriles is 1. The maximum atomic E-state index is 9.10. The summed E-state index contributed by atoms with van der Waals surface area (Å²) < 4.78 is 1.94. The second-order valence-electron chi connectivity index (χ2n) is 8.78. The molecule has 0 unspecified atom stereocenters. The van der Waals surface area contributed by atoms with Crippen molar-refractivity contribution in [3.63, 3.8) is 0 Å². The van der Waals surface area contributed by atoms with Crippen LogP contribution in [0.15, 0.2) is 67.3 Å². The van der Waals surface area contributed by atoms with Crippen molar-refractivity contribution in [2.24, 2.45) is 0 Å².